The zero-order valence-corrected chi connectivity index (χ0v) is 15.2. The van der Waals surface area contributed by atoms with Crippen molar-refractivity contribution in [2.75, 3.05) is 17.7 Å². The molecular weight excluding hydrogens is 399 g/mol. The Morgan fingerprint density at radius 2 is 1.95 bits per heavy atom. The minimum absolute atomic E-state index is 0.729. The van der Waals surface area contributed by atoms with Crippen LogP contribution in [-0.2, 0) is 6.42 Å². The maximum atomic E-state index is 6.00. The van der Waals surface area contributed by atoms with Crippen molar-refractivity contribution in [1.82, 2.24) is 9.97 Å². The Kier molecular flexibility index (Phi) is 5.64. The van der Waals surface area contributed by atoms with E-state index in [1.807, 2.05) is 32.2 Å². The molecule has 112 valence electrons. The molecule has 0 radical (unpaired) electrons. The van der Waals surface area contributed by atoms with E-state index in [4.69, 9.17) is 11.6 Å². The lowest BCUT2D eigenvalue weighted by Crippen LogP contribution is -2.07. The number of anilines is 3. The molecule has 0 bridgehead atoms. The van der Waals surface area contributed by atoms with Crippen molar-refractivity contribution in [2.24, 2.45) is 0 Å². The van der Waals surface area contributed by atoms with Crippen LogP contribution in [0.5, 0.6) is 0 Å². The fourth-order valence-electron chi connectivity index (χ4n) is 1.98. The molecule has 6 heteroatoms. The summed E-state index contributed by atoms with van der Waals surface area (Å²) in [4.78, 5) is 9.17. The molecule has 1 heterocycles. The van der Waals surface area contributed by atoms with Gasteiger partial charge in [-0.2, -0.15) is 0 Å². The van der Waals surface area contributed by atoms with Crippen molar-refractivity contribution >= 4 is 51.5 Å². The second-order valence-electron chi connectivity index (χ2n) is 4.71. The van der Waals surface area contributed by atoms with Crippen LogP contribution < -0.4 is 10.6 Å². The number of hydrogen-bond donors (Lipinski definition) is 2. The predicted octanol–water partition coefficient (Wildman–Crippen LogP) is 4.78. The summed E-state index contributed by atoms with van der Waals surface area (Å²) in [6.07, 6.45) is 1.88. The molecule has 1 aromatic carbocycles. The third-order valence-electron chi connectivity index (χ3n) is 3.09. The van der Waals surface area contributed by atoms with Gasteiger partial charge in [0.15, 0.2) is 0 Å². The van der Waals surface area contributed by atoms with Crippen LogP contribution in [0.15, 0.2) is 18.2 Å². The maximum absolute atomic E-state index is 6.00. The minimum Gasteiger partial charge on any atom is -0.373 e. The molecule has 4 nitrogen and oxygen atoms in total. The highest BCUT2D eigenvalue weighted by atomic mass is 127. The molecule has 0 atom stereocenters. The molecule has 0 amide bonds. The molecule has 0 spiro atoms. The molecule has 0 aliphatic heterocycles. The van der Waals surface area contributed by atoms with E-state index in [1.54, 1.807) is 0 Å². The summed E-state index contributed by atoms with van der Waals surface area (Å²) in [7, 11) is 1.88. The van der Waals surface area contributed by atoms with Gasteiger partial charge in [0.1, 0.15) is 17.5 Å². The topological polar surface area (TPSA) is 49.8 Å². The number of aromatic nitrogens is 2. The van der Waals surface area contributed by atoms with Crippen LogP contribution in [0.3, 0.4) is 0 Å². The van der Waals surface area contributed by atoms with Gasteiger partial charge < -0.3 is 10.6 Å². The quantitative estimate of drug-likeness (QED) is 0.689. The average Bonchev–Trinajstić information content (AvgIpc) is 2.45. The van der Waals surface area contributed by atoms with E-state index < -0.39 is 0 Å². The predicted molar refractivity (Wildman–Crippen MR) is 97.8 cm³/mol. The van der Waals surface area contributed by atoms with E-state index in [-0.39, 0.29) is 0 Å². The largest absolute Gasteiger partial charge is 0.373 e. The Hall–Kier alpha value is -1.08. The molecule has 0 saturated heterocycles. The standard InChI is InChI=1S/C15H18ClIN4/c1-4-5-13-20-14(18-3)9(2)15(21-13)19-12-7-6-10(16)8-11(12)17/h6-8H,4-5H2,1-3H3,(H2,18,19,20,21). The molecule has 0 unspecified atom stereocenters. The Morgan fingerprint density at radius 1 is 1.24 bits per heavy atom. The van der Waals surface area contributed by atoms with Gasteiger partial charge in [-0.15, -0.1) is 0 Å². The lowest BCUT2D eigenvalue weighted by atomic mass is 10.2. The molecule has 0 saturated carbocycles. The molecule has 2 rings (SSSR count). The van der Waals surface area contributed by atoms with Crippen LogP contribution in [0, 0.1) is 10.5 Å². The molecule has 0 fully saturated rings. The summed E-state index contributed by atoms with van der Waals surface area (Å²) in [6, 6.07) is 5.76. The third-order valence-corrected chi connectivity index (χ3v) is 4.21. The highest BCUT2D eigenvalue weighted by molar-refractivity contribution is 14.1. The number of nitrogens with zero attached hydrogens (tertiary/aromatic N) is 2. The van der Waals surface area contributed by atoms with Gasteiger partial charge in [0.25, 0.3) is 0 Å². The van der Waals surface area contributed by atoms with Gasteiger partial charge >= 0.3 is 0 Å². The monoisotopic (exact) mass is 416 g/mol. The van der Waals surface area contributed by atoms with Gasteiger partial charge in [-0.3, -0.25) is 0 Å². The molecule has 0 aliphatic carbocycles. The molecule has 21 heavy (non-hydrogen) atoms. The van der Waals surface area contributed by atoms with E-state index in [2.05, 4.69) is 50.1 Å². The van der Waals surface area contributed by atoms with Crippen molar-refractivity contribution < 1.29 is 0 Å². The van der Waals surface area contributed by atoms with Crippen molar-refractivity contribution in [3.05, 3.63) is 38.2 Å². The first kappa shape index (κ1) is 16.3. The normalized spacial score (nSPS) is 10.5. The summed E-state index contributed by atoms with van der Waals surface area (Å²) < 4.78 is 1.06. The molecule has 2 aromatic rings. The first-order valence-corrected chi connectivity index (χ1v) is 8.28. The third kappa shape index (κ3) is 3.97. The molecule has 0 aliphatic rings. The lowest BCUT2D eigenvalue weighted by Gasteiger charge is -2.14. The number of rotatable bonds is 5. The number of benzene rings is 1. The zero-order chi connectivity index (χ0) is 15.4. The lowest BCUT2D eigenvalue weighted by molar-refractivity contribution is 0.835. The minimum atomic E-state index is 0.729. The maximum Gasteiger partial charge on any atom is 0.139 e. The average molecular weight is 417 g/mol. The fourth-order valence-corrected chi connectivity index (χ4v) is 2.99. The highest BCUT2D eigenvalue weighted by Gasteiger charge is 2.11. The smallest absolute Gasteiger partial charge is 0.139 e. The molecule has 1 aromatic heterocycles. The Morgan fingerprint density at radius 3 is 2.57 bits per heavy atom. The SMILES string of the molecule is CCCc1nc(NC)c(C)c(Nc2ccc(Cl)cc2I)n1. The second kappa shape index (κ2) is 7.26. The first-order chi connectivity index (χ1) is 10.0. The number of halogens is 2. The first-order valence-electron chi connectivity index (χ1n) is 6.82. The van der Waals surface area contributed by atoms with E-state index in [0.29, 0.717) is 0 Å². The zero-order valence-electron chi connectivity index (χ0n) is 12.3. The Balaban J connectivity index is 2.40. The molecule has 2 N–H and O–H groups in total. The van der Waals surface area contributed by atoms with E-state index in [0.717, 1.165) is 50.1 Å². The summed E-state index contributed by atoms with van der Waals surface area (Å²) in [6.45, 7) is 4.13. The number of nitrogens with one attached hydrogen (secondary N) is 2. The fraction of sp³-hybridized carbons (Fsp3) is 0.333. The Bertz CT molecular complexity index is 646. The van der Waals surface area contributed by atoms with Crippen LogP contribution in [0.25, 0.3) is 0 Å². The summed E-state index contributed by atoms with van der Waals surface area (Å²) in [5.74, 6) is 2.54. The van der Waals surface area contributed by atoms with Crippen molar-refractivity contribution in [3.63, 3.8) is 0 Å². The van der Waals surface area contributed by atoms with Gasteiger partial charge in [-0.25, -0.2) is 9.97 Å². The van der Waals surface area contributed by atoms with Crippen LogP contribution in [0.1, 0.15) is 24.7 Å². The van der Waals surface area contributed by atoms with Gasteiger partial charge in [0.05, 0.1) is 5.69 Å². The van der Waals surface area contributed by atoms with Crippen LogP contribution in [0.2, 0.25) is 5.02 Å². The van der Waals surface area contributed by atoms with E-state index in [1.165, 1.54) is 0 Å². The summed E-state index contributed by atoms with van der Waals surface area (Å²) in [5, 5.41) is 7.24. The van der Waals surface area contributed by atoms with Gasteiger partial charge in [0.2, 0.25) is 0 Å². The number of aryl methyl sites for hydroxylation is 1. The van der Waals surface area contributed by atoms with Gasteiger partial charge in [-0.05, 0) is 54.1 Å². The van der Waals surface area contributed by atoms with Crippen LogP contribution in [0.4, 0.5) is 17.3 Å². The summed E-state index contributed by atoms with van der Waals surface area (Å²) >= 11 is 8.26. The van der Waals surface area contributed by atoms with Crippen molar-refractivity contribution in [3.8, 4) is 0 Å². The van der Waals surface area contributed by atoms with Gasteiger partial charge in [0, 0.05) is 27.6 Å². The van der Waals surface area contributed by atoms with E-state index in [9.17, 15) is 0 Å². The highest BCUT2D eigenvalue weighted by Crippen LogP contribution is 2.28. The molecular formula is C15H18ClIN4. The number of hydrogen-bond acceptors (Lipinski definition) is 4. The van der Waals surface area contributed by atoms with Gasteiger partial charge in [-0.1, -0.05) is 18.5 Å². The van der Waals surface area contributed by atoms with Crippen LogP contribution in [-0.4, -0.2) is 17.0 Å². The van der Waals surface area contributed by atoms with Crippen LogP contribution >= 0.6 is 34.2 Å². The van der Waals surface area contributed by atoms with Crippen molar-refractivity contribution in [1.29, 1.82) is 0 Å². The van der Waals surface area contributed by atoms with Crippen molar-refractivity contribution in [2.45, 2.75) is 26.7 Å². The summed E-state index contributed by atoms with van der Waals surface area (Å²) in [5.41, 5.74) is 1.99. The Labute approximate surface area is 143 Å². The van der Waals surface area contributed by atoms with E-state index >= 15 is 0 Å². The second-order valence-corrected chi connectivity index (χ2v) is 6.31.